The van der Waals surface area contributed by atoms with Gasteiger partial charge in [-0.1, -0.05) is 12.2 Å². The van der Waals surface area contributed by atoms with Crippen molar-refractivity contribution in [3.63, 3.8) is 0 Å². The molecule has 0 aromatic heterocycles. The molecule has 0 unspecified atom stereocenters. The van der Waals surface area contributed by atoms with Crippen LogP contribution in [0.3, 0.4) is 0 Å². The van der Waals surface area contributed by atoms with E-state index in [1.54, 1.807) is 4.90 Å². The zero-order valence-electron chi connectivity index (χ0n) is 6.00. The number of rotatable bonds is 0. The van der Waals surface area contributed by atoms with E-state index in [9.17, 15) is 5.11 Å². The standard InChI is InChI=1S/C5H9NO2S.Na/c7-5(9)6-1-3-8-4-2-6;/h1-4H2,(H,7,9);/q;+1/p-1. The quantitative estimate of drug-likeness (QED) is 0.273. The molecule has 1 heterocycles. The van der Waals surface area contributed by atoms with Crippen LogP contribution in [0.15, 0.2) is 0 Å². The Morgan fingerprint density at radius 1 is 1.40 bits per heavy atom. The van der Waals surface area contributed by atoms with Gasteiger partial charge in [-0.15, -0.1) is 0 Å². The van der Waals surface area contributed by atoms with Crippen molar-refractivity contribution in [1.82, 2.24) is 4.90 Å². The van der Waals surface area contributed by atoms with E-state index in [1.165, 1.54) is 0 Å². The van der Waals surface area contributed by atoms with Crippen LogP contribution in [0.5, 0.6) is 0 Å². The van der Waals surface area contributed by atoms with Gasteiger partial charge in [-0.25, -0.2) is 0 Å². The molecule has 1 fully saturated rings. The van der Waals surface area contributed by atoms with Crippen LogP contribution in [0.1, 0.15) is 0 Å². The molecule has 1 aliphatic heterocycles. The fourth-order valence-corrected chi connectivity index (χ4v) is 0.928. The number of morpholine rings is 1. The van der Waals surface area contributed by atoms with Crippen LogP contribution in [0.25, 0.3) is 0 Å². The molecule has 52 valence electrons. The number of ether oxygens (including phenoxy) is 1. The maximum Gasteiger partial charge on any atom is 1.00 e. The minimum Gasteiger partial charge on any atom is -0.852 e. The maximum atomic E-state index is 10.5. The number of hydrogen-bond acceptors (Lipinski definition) is 3. The van der Waals surface area contributed by atoms with Gasteiger partial charge < -0.3 is 14.7 Å². The summed E-state index contributed by atoms with van der Waals surface area (Å²) < 4.78 is 5.01. The van der Waals surface area contributed by atoms with Crippen molar-refractivity contribution in [2.75, 3.05) is 26.3 Å². The molecule has 0 N–H and O–H groups in total. The first-order valence-electron chi connectivity index (χ1n) is 2.84. The summed E-state index contributed by atoms with van der Waals surface area (Å²) >= 11 is 4.43. The Kier molecular flexibility index (Phi) is 5.67. The molecule has 0 spiro atoms. The first kappa shape index (κ1) is 10.7. The SMILES string of the molecule is [Na+].[O-]C(=S)N1CCOCC1. The van der Waals surface area contributed by atoms with E-state index in [0.717, 1.165) is 0 Å². The van der Waals surface area contributed by atoms with Crippen molar-refractivity contribution in [2.24, 2.45) is 0 Å². The second-order valence-electron chi connectivity index (χ2n) is 1.87. The molecule has 1 saturated heterocycles. The van der Waals surface area contributed by atoms with Crippen LogP contribution >= 0.6 is 12.2 Å². The molecular weight excluding hydrogens is 161 g/mol. The van der Waals surface area contributed by atoms with E-state index in [2.05, 4.69) is 12.2 Å². The summed E-state index contributed by atoms with van der Waals surface area (Å²) in [6.45, 7) is 2.56. The van der Waals surface area contributed by atoms with Crippen LogP contribution < -0.4 is 34.7 Å². The van der Waals surface area contributed by atoms with Crippen molar-refractivity contribution in [2.45, 2.75) is 0 Å². The van der Waals surface area contributed by atoms with Gasteiger partial charge in [0, 0.05) is 18.3 Å². The van der Waals surface area contributed by atoms with Crippen molar-refractivity contribution >= 4 is 17.4 Å². The van der Waals surface area contributed by atoms with E-state index in [4.69, 9.17) is 4.74 Å². The Bertz CT molecular complexity index is 116. The minimum absolute atomic E-state index is 0. The smallest absolute Gasteiger partial charge is 0.852 e. The summed E-state index contributed by atoms with van der Waals surface area (Å²) in [5.41, 5.74) is 0. The summed E-state index contributed by atoms with van der Waals surface area (Å²) in [4.78, 5) is 1.61. The molecule has 1 aliphatic rings. The van der Waals surface area contributed by atoms with Gasteiger partial charge in [0.25, 0.3) is 0 Å². The second-order valence-corrected chi connectivity index (χ2v) is 2.21. The molecule has 0 atom stereocenters. The van der Waals surface area contributed by atoms with Gasteiger partial charge >= 0.3 is 29.6 Å². The van der Waals surface area contributed by atoms with Gasteiger partial charge in [-0.3, -0.25) is 0 Å². The Labute approximate surface area is 87.6 Å². The third-order valence-electron chi connectivity index (χ3n) is 1.27. The summed E-state index contributed by atoms with van der Waals surface area (Å²) in [7, 11) is 0. The van der Waals surface area contributed by atoms with E-state index >= 15 is 0 Å². The molecule has 0 amide bonds. The second kappa shape index (κ2) is 5.32. The van der Waals surface area contributed by atoms with Gasteiger partial charge in [-0.05, 0) is 0 Å². The molecule has 10 heavy (non-hydrogen) atoms. The summed E-state index contributed by atoms with van der Waals surface area (Å²) in [5.74, 6) is 0. The van der Waals surface area contributed by atoms with Gasteiger partial charge in [-0.2, -0.15) is 0 Å². The minimum atomic E-state index is -0.265. The van der Waals surface area contributed by atoms with Gasteiger partial charge in [0.2, 0.25) is 0 Å². The van der Waals surface area contributed by atoms with Crippen LogP contribution in [0.2, 0.25) is 0 Å². The van der Waals surface area contributed by atoms with E-state index in [-0.39, 0.29) is 34.7 Å². The molecule has 0 aromatic carbocycles. The Hall–Kier alpha value is 0.650. The van der Waals surface area contributed by atoms with Crippen LogP contribution in [0, 0.1) is 0 Å². The zero-order valence-corrected chi connectivity index (χ0v) is 8.82. The molecule has 0 aliphatic carbocycles. The van der Waals surface area contributed by atoms with E-state index < -0.39 is 0 Å². The Balaban J connectivity index is 0.000000810. The van der Waals surface area contributed by atoms with Crippen LogP contribution in [-0.2, 0) is 4.74 Å². The average Bonchev–Trinajstić information content (AvgIpc) is 1.90. The Morgan fingerprint density at radius 2 is 1.90 bits per heavy atom. The normalized spacial score (nSPS) is 17.8. The zero-order chi connectivity index (χ0) is 6.69. The average molecular weight is 169 g/mol. The molecule has 5 heteroatoms. The first-order chi connectivity index (χ1) is 4.30. The molecule has 0 radical (unpaired) electrons. The Morgan fingerprint density at radius 3 is 2.20 bits per heavy atom. The van der Waals surface area contributed by atoms with Crippen LogP contribution in [0.4, 0.5) is 0 Å². The predicted octanol–water partition coefficient (Wildman–Crippen LogP) is -4.03. The molecule has 0 saturated carbocycles. The van der Waals surface area contributed by atoms with E-state index in [1.807, 2.05) is 0 Å². The fourth-order valence-electron chi connectivity index (χ4n) is 0.746. The fraction of sp³-hybridized carbons (Fsp3) is 0.800. The van der Waals surface area contributed by atoms with Crippen molar-refractivity contribution < 1.29 is 39.4 Å². The predicted molar refractivity (Wildman–Crippen MR) is 35.0 cm³/mol. The molecule has 0 aromatic rings. The number of thiocarbonyl (C=S) groups is 1. The topological polar surface area (TPSA) is 35.5 Å². The third kappa shape index (κ3) is 3.16. The summed E-state index contributed by atoms with van der Waals surface area (Å²) in [6.07, 6.45) is 0. The van der Waals surface area contributed by atoms with E-state index in [0.29, 0.717) is 26.3 Å². The molecule has 3 nitrogen and oxygen atoms in total. The molecular formula is C5H8NNaO2S. The largest absolute Gasteiger partial charge is 1.00 e. The monoisotopic (exact) mass is 169 g/mol. The van der Waals surface area contributed by atoms with Gasteiger partial charge in [0.1, 0.15) is 0 Å². The first-order valence-corrected chi connectivity index (χ1v) is 3.25. The van der Waals surface area contributed by atoms with Gasteiger partial charge in [0.15, 0.2) is 0 Å². The number of nitrogens with zero attached hydrogens (tertiary/aromatic N) is 1. The number of hydrogen-bond donors (Lipinski definition) is 0. The summed E-state index contributed by atoms with van der Waals surface area (Å²) in [5, 5.41) is 10.2. The molecule has 0 bridgehead atoms. The van der Waals surface area contributed by atoms with Gasteiger partial charge in [0.05, 0.1) is 13.2 Å². The third-order valence-corrected chi connectivity index (χ3v) is 1.53. The summed E-state index contributed by atoms with van der Waals surface area (Å²) in [6, 6.07) is 0. The van der Waals surface area contributed by atoms with Crippen molar-refractivity contribution in [3.8, 4) is 0 Å². The van der Waals surface area contributed by atoms with Crippen molar-refractivity contribution in [3.05, 3.63) is 0 Å². The maximum absolute atomic E-state index is 10.5. The molecule has 1 rings (SSSR count). The van der Waals surface area contributed by atoms with Crippen LogP contribution in [-0.4, -0.2) is 36.4 Å². The van der Waals surface area contributed by atoms with Crippen molar-refractivity contribution in [1.29, 1.82) is 0 Å².